The van der Waals surface area contributed by atoms with Crippen LogP contribution in [0.3, 0.4) is 0 Å². The second-order valence-corrected chi connectivity index (χ2v) is 8.43. The maximum Gasteiger partial charge on any atom is 0.225 e. The van der Waals surface area contributed by atoms with Crippen LogP contribution in [0.4, 0.5) is 5.69 Å². The van der Waals surface area contributed by atoms with E-state index in [9.17, 15) is 9.90 Å². The van der Waals surface area contributed by atoms with E-state index >= 15 is 0 Å². The Morgan fingerprint density at radius 3 is 2.39 bits per heavy atom. The molecule has 6 heteroatoms. The van der Waals surface area contributed by atoms with Crippen molar-refractivity contribution < 1.29 is 14.6 Å². The van der Waals surface area contributed by atoms with Crippen LogP contribution in [-0.2, 0) is 11.3 Å². The summed E-state index contributed by atoms with van der Waals surface area (Å²) >= 11 is 0. The highest BCUT2D eigenvalue weighted by Crippen LogP contribution is 2.28. The number of benzene rings is 2. The molecule has 4 rings (SSSR count). The fourth-order valence-electron chi connectivity index (χ4n) is 4.61. The summed E-state index contributed by atoms with van der Waals surface area (Å²) in [6, 6.07) is 16.0. The topological polar surface area (TPSA) is 56.2 Å². The van der Waals surface area contributed by atoms with E-state index in [2.05, 4.69) is 39.0 Å². The molecule has 2 saturated heterocycles. The molecule has 2 aliphatic heterocycles. The van der Waals surface area contributed by atoms with Gasteiger partial charge in [0.15, 0.2) is 11.5 Å². The molecule has 2 aliphatic rings. The van der Waals surface area contributed by atoms with Gasteiger partial charge in [-0.15, -0.1) is 0 Å². The highest BCUT2D eigenvalue weighted by Gasteiger charge is 2.30. The van der Waals surface area contributed by atoms with Crippen LogP contribution in [0, 0.1) is 5.92 Å². The highest BCUT2D eigenvalue weighted by molar-refractivity contribution is 5.79. The van der Waals surface area contributed by atoms with Gasteiger partial charge in [0.1, 0.15) is 0 Å². The number of hydrogen-bond acceptors (Lipinski definition) is 5. The average molecular weight is 424 g/mol. The van der Waals surface area contributed by atoms with Gasteiger partial charge < -0.3 is 19.6 Å². The number of carbonyl (C=O) groups is 1. The number of nitrogens with zero attached hydrogens (tertiary/aromatic N) is 3. The Balaban J connectivity index is 1.24. The zero-order valence-electron chi connectivity index (χ0n) is 18.4. The average Bonchev–Trinajstić information content (AvgIpc) is 2.82. The molecule has 166 valence electrons. The number of hydrogen-bond donors (Lipinski definition) is 1. The molecule has 2 heterocycles. The van der Waals surface area contributed by atoms with Crippen molar-refractivity contribution in [3.05, 3.63) is 54.1 Å². The van der Waals surface area contributed by atoms with Crippen molar-refractivity contribution in [2.75, 3.05) is 50.8 Å². The molecule has 6 nitrogen and oxygen atoms in total. The summed E-state index contributed by atoms with van der Waals surface area (Å²) in [5.41, 5.74) is 2.37. The Hall–Kier alpha value is -2.73. The van der Waals surface area contributed by atoms with E-state index in [4.69, 9.17) is 4.74 Å². The minimum atomic E-state index is 0.137. The Morgan fingerprint density at radius 1 is 1.00 bits per heavy atom. The van der Waals surface area contributed by atoms with Crippen LogP contribution in [0.1, 0.15) is 25.3 Å². The van der Waals surface area contributed by atoms with Crippen LogP contribution < -0.4 is 9.64 Å². The monoisotopic (exact) mass is 423 g/mol. The second-order valence-electron chi connectivity index (χ2n) is 8.43. The Bertz CT molecular complexity index is 858. The molecule has 0 unspecified atom stereocenters. The minimum absolute atomic E-state index is 0.137. The molecule has 31 heavy (non-hydrogen) atoms. The number of piperidine rings is 1. The van der Waals surface area contributed by atoms with E-state index in [-0.39, 0.29) is 11.7 Å². The number of likely N-dealkylation sites (tertiary alicyclic amines) is 1. The number of carbonyl (C=O) groups excluding carboxylic acids is 1. The van der Waals surface area contributed by atoms with Crippen LogP contribution in [0.15, 0.2) is 48.5 Å². The summed E-state index contributed by atoms with van der Waals surface area (Å²) in [4.78, 5) is 19.9. The maximum atomic E-state index is 13.1. The van der Waals surface area contributed by atoms with Crippen molar-refractivity contribution >= 4 is 11.6 Å². The predicted octanol–water partition coefficient (Wildman–Crippen LogP) is 3.35. The summed E-state index contributed by atoms with van der Waals surface area (Å²) in [6.07, 6.45) is 1.82. The number of para-hydroxylation sites is 1. The quantitative estimate of drug-likeness (QED) is 0.772. The first-order valence-electron chi connectivity index (χ1n) is 11.4. The van der Waals surface area contributed by atoms with E-state index in [1.54, 1.807) is 6.07 Å². The van der Waals surface area contributed by atoms with Gasteiger partial charge in [-0.2, -0.15) is 0 Å². The van der Waals surface area contributed by atoms with E-state index in [0.717, 1.165) is 64.2 Å². The summed E-state index contributed by atoms with van der Waals surface area (Å²) < 4.78 is 5.50. The molecule has 2 aromatic carbocycles. The first kappa shape index (κ1) is 21.5. The Morgan fingerprint density at radius 2 is 1.71 bits per heavy atom. The molecular formula is C25H33N3O3. The number of phenols is 1. The first-order chi connectivity index (χ1) is 15.1. The van der Waals surface area contributed by atoms with Crippen LogP contribution >= 0.6 is 0 Å². The lowest BCUT2D eigenvalue weighted by molar-refractivity contribution is -0.137. The lowest BCUT2D eigenvalue weighted by atomic mass is 9.94. The van der Waals surface area contributed by atoms with E-state index in [1.807, 2.05) is 25.1 Å². The van der Waals surface area contributed by atoms with Crippen molar-refractivity contribution in [3.8, 4) is 11.5 Å². The fraction of sp³-hybridized carbons (Fsp3) is 0.480. The number of rotatable bonds is 6. The van der Waals surface area contributed by atoms with E-state index in [0.29, 0.717) is 18.3 Å². The number of piperazine rings is 1. The SMILES string of the molecule is CCOc1cc(CN2CCC(C(=O)N3CCN(c4ccccc4)CC3)CC2)ccc1O. The van der Waals surface area contributed by atoms with Gasteiger partial charge in [-0.3, -0.25) is 9.69 Å². The molecule has 1 N–H and O–H groups in total. The van der Waals surface area contributed by atoms with Crippen LogP contribution in [0.2, 0.25) is 0 Å². The van der Waals surface area contributed by atoms with Gasteiger partial charge >= 0.3 is 0 Å². The number of anilines is 1. The molecule has 2 fully saturated rings. The largest absolute Gasteiger partial charge is 0.504 e. The number of ether oxygens (including phenoxy) is 1. The molecule has 0 spiro atoms. The molecule has 0 aromatic heterocycles. The molecule has 0 saturated carbocycles. The van der Waals surface area contributed by atoms with Gasteiger partial charge in [-0.05, 0) is 62.7 Å². The van der Waals surface area contributed by atoms with Gasteiger partial charge in [-0.25, -0.2) is 0 Å². The molecule has 1 amide bonds. The summed E-state index contributed by atoms with van der Waals surface area (Å²) in [5.74, 6) is 1.19. The Labute approximate surface area is 185 Å². The summed E-state index contributed by atoms with van der Waals surface area (Å²) in [6.45, 7) is 8.52. The molecule has 0 aliphatic carbocycles. The Kier molecular flexibility index (Phi) is 6.97. The lowest BCUT2D eigenvalue weighted by Crippen LogP contribution is -2.51. The summed E-state index contributed by atoms with van der Waals surface area (Å²) in [7, 11) is 0. The number of aromatic hydroxyl groups is 1. The van der Waals surface area contributed by atoms with E-state index in [1.165, 1.54) is 5.69 Å². The minimum Gasteiger partial charge on any atom is -0.504 e. The van der Waals surface area contributed by atoms with Crippen molar-refractivity contribution in [3.63, 3.8) is 0 Å². The van der Waals surface area contributed by atoms with E-state index < -0.39 is 0 Å². The van der Waals surface area contributed by atoms with Crippen LogP contribution in [0.25, 0.3) is 0 Å². The third kappa shape index (κ3) is 5.31. The zero-order valence-corrected chi connectivity index (χ0v) is 18.4. The standard InChI is InChI=1S/C25H33N3O3/c1-2-31-24-18-20(8-9-23(24)29)19-26-12-10-21(11-13-26)25(30)28-16-14-27(15-17-28)22-6-4-3-5-7-22/h3-9,18,21,29H,2,10-17,19H2,1H3. The molecule has 0 atom stereocenters. The van der Waals surface area contributed by atoms with Gasteiger partial charge in [0, 0.05) is 44.3 Å². The van der Waals surface area contributed by atoms with Crippen LogP contribution in [0.5, 0.6) is 11.5 Å². The highest BCUT2D eigenvalue weighted by atomic mass is 16.5. The fourth-order valence-corrected chi connectivity index (χ4v) is 4.61. The molecule has 0 bridgehead atoms. The van der Waals surface area contributed by atoms with Crippen molar-refractivity contribution in [2.45, 2.75) is 26.3 Å². The predicted molar refractivity (Wildman–Crippen MR) is 123 cm³/mol. The van der Waals surface area contributed by atoms with Gasteiger partial charge in [0.25, 0.3) is 0 Å². The van der Waals surface area contributed by atoms with Crippen LogP contribution in [-0.4, -0.2) is 66.7 Å². The normalized spacial score (nSPS) is 18.2. The van der Waals surface area contributed by atoms with Crippen molar-refractivity contribution in [1.29, 1.82) is 0 Å². The lowest BCUT2D eigenvalue weighted by Gasteiger charge is -2.39. The van der Waals surface area contributed by atoms with Crippen molar-refractivity contribution in [1.82, 2.24) is 9.80 Å². The van der Waals surface area contributed by atoms with Gasteiger partial charge in [0.2, 0.25) is 5.91 Å². The third-order valence-corrected chi connectivity index (χ3v) is 6.38. The van der Waals surface area contributed by atoms with Gasteiger partial charge in [-0.1, -0.05) is 24.3 Å². The number of amides is 1. The first-order valence-corrected chi connectivity index (χ1v) is 11.4. The maximum absolute atomic E-state index is 13.1. The van der Waals surface area contributed by atoms with Crippen molar-refractivity contribution in [2.24, 2.45) is 5.92 Å². The third-order valence-electron chi connectivity index (χ3n) is 6.38. The molecule has 0 radical (unpaired) electrons. The second kappa shape index (κ2) is 10.1. The van der Waals surface area contributed by atoms with Gasteiger partial charge in [0.05, 0.1) is 6.61 Å². The number of phenolic OH excluding ortho intramolecular Hbond substituents is 1. The molecular weight excluding hydrogens is 390 g/mol. The molecule has 2 aromatic rings. The zero-order chi connectivity index (χ0) is 21.6. The summed E-state index contributed by atoms with van der Waals surface area (Å²) in [5, 5.41) is 9.89. The smallest absolute Gasteiger partial charge is 0.225 e.